The Hall–Kier alpha value is -1.95. The van der Waals surface area contributed by atoms with E-state index in [1.54, 1.807) is 0 Å². The maximum Gasteiger partial charge on any atom is 0.507 e. The molecule has 0 spiro atoms. The molecule has 0 amide bonds. The molecule has 8 heteroatoms. The lowest BCUT2D eigenvalue weighted by Gasteiger charge is -2.58. The van der Waals surface area contributed by atoms with Crippen molar-refractivity contribution < 1.29 is 14.4 Å². The molecular formula is C28H30BCl3N2O2. The number of Topliss-reactive ketones (excluding diaryl/α,β-unsaturated/α-hetero) is 1. The SMILES string of the molecule is CC(=O)C1=C(NC23CC4CC(CC(C4)C2)C3)O[B-](c2ccccc2)(c2ccccc2)[NH+]=C1C(Cl)(Cl)Cl. The third kappa shape index (κ3) is 4.17. The summed E-state index contributed by atoms with van der Waals surface area (Å²) in [4.78, 5) is 16.6. The fourth-order valence-electron chi connectivity index (χ4n) is 7.75. The average Bonchev–Trinajstić information content (AvgIpc) is 2.83. The van der Waals surface area contributed by atoms with E-state index >= 15 is 0 Å². The third-order valence-corrected chi connectivity index (χ3v) is 9.28. The molecule has 0 unspecified atom stereocenters. The van der Waals surface area contributed by atoms with Crippen molar-refractivity contribution in [3.05, 3.63) is 72.1 Å². The van der Waals surface area contributed by atoms with Crippen LogP contribution in [0.2, 0.25) is 0 Å². The van der Waals surface area contributed by atoms with Gasteiger partial charge < -0.3 is 14.9 Å². The first-order valence-corrected chi connectivity index (χ1v) is 14.0. The molecule has 188 valence electrons. The van der Waals surface area contributed by atoms with E-state index in [1.165, 1.54) is 26.2 Å². The van der Waals surface area contributed by atoms with Crippen molar-refractivity contribution in [1.29, 1.82) is 0 Å². The van der Waals surface area contributed by atoms with E-state index in [4.69, 9.17) is 39.5 Å². The number of halogens is 3. The first-order valence-electron chi connectivity index (χ1n) is 12.9. The zero-order valence-corrected chi connectivity index (χ0v) is 22.5. The number of allylic oxidation sites excluding steroid dienone is 1. The zero-order valence-electron chi connectivity index (χ0n) is 20.3. The molecule has 4 bridgehead atoms. The Morgan fingerprint density at radius 1 is 0.917 bits per heavy atom. The van der Waals surface area contributed by atoms with Gasteiger partial charge in [0.05, 0.1) is 0 Å². The highest BCUT2D eigenvalue weighted by atomic mass is 35.6. The van der Waals surface area contributed by atoms with Crippen LogP contribution in [-0.4, -0.2) is 27.3 Å². The van der Waals surface area contributed by atoms with Gasteiger partial charge in [-0.25, -0.2) is 0 Å². The number of hydrogen-bond acceptors (Lipinski definition) is 3. The largest absolute Gasteiger partial charge is 0.638 e. The molecule has 36 heavy (non-hydrogen) atoms. The van der Waals surface area contributed by atoms with Gasteiger partial charge in [-0.05, 0) is 63.2 Å². The van der Waals surface area contributed by atoms with E-state index in [0.29, 0.717) is 5.88 Å². The van der Waals surface area contributed by atoms with Crippen LogP contribution in [0.1, 0.15) is 45.4 Å². The van der Waals surface area contributed by atoms with Gasteiger partial charge in [0.1, 0.15) is 5.57 Å². The number of benzene rings is 2. The second-order valence-corrected chi connectivity index (χ2v) is 13.6. The van der Waals surface area contributed by atoms with Crippen molar-refractivity contribution in [1.82, 2.24) is 5.32 Å². The lowest BCUT2D eigenvalue weighted by molar-refractivity contribution is -0.325. The molecule has 1 heterocycles. The first-order chi connectivity index (χ1) is 17.2. The minimum absolute atomic E-state index is 0.101. The van der Waals surface area contributed by atoms with Crippen LogP contribution >= 0.6 is 34.8 Å². The van der Waals surface area contributed by atoms with Gasteiger partial charge in [-0.3, -0.25) is 4.79 Å². The lowest BCUT2D eigenvalue weighted by Crippen LogP contribution is -3.03. The highest BCUT2D eigenvalue weighted by Crippen LogP contribution is 2.56. The quantitative estimate of drug-likeness (QED) is 0.448. The fraction of sp³-hybridized carbons (Fsp3) is 0.429. The minimum Gasteiger partial charge on any atom is -0.638 e. The Morgan fingerprint density at radius 3 is 1.81 bits per heavy atom. The van der Waals surface area contributed by atoms with Crippen LogP contribution in [0.4, 0.5) is 0 Å². The molecule has 2 N–H and O–H groups in total. The van der Waals surface area contributed by atoms with Crippen molar-refractivity contribution >= 4 is 63.7 Å². The van der Waals surface area contributed by atoms with Gasteiger partial charge in [0.15, 0.2) is 17.4 Å². The minimum atomic E-state index is -2.10. The summed E-state index contributed by atoms with van der Waals surface area (Å²) in [7, 11) is 0. The number of ketones is 1. The molecule has 2 aromatic carbocycles. The van der Waals surface area contributed by atoms with Crippen LogP contribution in [-0.2, 0) is 9.45 Å². The van der Waals surface area contributed by atoms with Gasteiger partial charge in [-0.15, -0.1) is 0 Å². The van der Waals surface area contributed by atoms with Crippen molar-refractivity contribution in [2.45, 2.75) is 54.8 Å². The summed E-state index contributed by atoms with van der Waals surface area (Å²) in [5.41, 5.74) is 2.25. The molecule has 5 aliphatic rings. The Balaban J connectivity index is 1.54. The molecule has 1 aliphatic heterocycles. The van der Waals surface area contributed by atoms with E-state index in [1.807, 2.05) is 60.7 Å². The molecule has 0 atom stereocenters. The van der Waals surface area contributed by atoms with Crippen LogP contribution in [0.25, 0.3) is 0 Å². The molecule has 7 rings (SSSR count). The molecule has 2 aromatic rings. The Morgan fingerprint density at radius 2 is 1.39 bits per heavy atom. The summed E-state index contributed by atoms with van der Waals surface area (Å²) in [6.45, 7) is -0.594. The highest BCUT2D eigenvalue weighted by Gasteiger charge is 2.55. The maximum absolute atomic E-state index is 13.1. The number of nitrogens with one attached hydrogen (secondary N) is 2. The molecule has 4 saturated carbocycles. The normalized spacial score (nSPS) is 30.6. The number of alkyl halides is 3. The Kier molecular flexibility index (Phi) is 5.98. The Bertz CT molecular complexity index is 1170. The van der Waals surface area contributed by atoms with Crippen LogP contribution in [0, 0.1) is 17.8 Å². The summed E-state index contributed by atoms with van der Waals surface area (Å²) >= 11 is 19.7. The number of hydrogen-bond donors (Lipinski definition) is 2. The highest BCUT2D eigenvalue weighted by molar-refractivity contribution is 6.92. The third-order valence-electron chi connectivity index (χ3n) is 8.71. The van der Waals surface area contributed by atoms with E-state index in [9.17, 15) is 4.79 Å². The van der Waals surface area contributed by atoms with Gasteiger partial charge in [0.25, 0.3) is 3.79 Å². The van der Waals surface area contributed by atoms with Crippen LogP contribution < -0.4 is 21.1 Å². The number of carbonyl (C=O) groups excluding carboxylic acids is 1. The predicted molar refractivity (Wildman–Crippen MR) is 147 cm³/mol. The van der Waals surface area contributed by atoms with Gasteiger partial charge in [-0.2, -0.15) is 0 Å². The predicted octanol–water partition coefficient (Wildman–Crippen LogP) is 3.52. The molecule has 4 nitrogen and oxygen atoms in total. The second-order valence-electron chi connectivity index (χ2n) is 11.3. The van der Waals surface area contributed by atoms with Gasteiger partial charge in [0.2, 0.25) is 0 Å². The number of rotatable bonds is 5. The first kappa shape index (κ1) is 24.4. The maximum atomic E-state index is 13.1. The van der Waals surface area contributed by atoms with Crippen molar-refractivity contribution in [2.24, 2.45) is 17.8 Å². The van der Waals surface area contributed by atoms with Crippen LogP contribution in [0.5, 0.6) is 0 Å². The molecule has 0 aromatic heterocycles. The van der Waals surface area contributed by atoms with Crippen molar-refractivity contribution in [2.75, 3.05) is 0 Å². The van der Waals surface area contributed by atoms with Gasteiger partial charge in [-0.1, -0.05) is 106 Å². The summed E-state index contributed by atoms with van der Waals surface area (Å²) in [5.74, 6) is 2.39. The Labute approximate surface area is 227 Å². The number of carbonyl (C=O) groups is 1. The molecule has 0 saturated heterocycles. The fourth-order valence-corrected chi connectivity index (χ4v) is 8.20. The molecule has 0 radical (unpaired) electrons. The van der Waals surface area contributed by atoms with Gasteiger partial charge >= 0.3 is 6.48 Å². The zero-order chi connectivity index (χ0) is 25.1. The van der Waals surface area contributed by atoms with E-state index in [2.05, 4.69) is 10.2 Å². The molecule has 4 fully saturated rings. The standard InChI is InChI=1S/C28H30BCl3N2O2/c1-18(35)24-25(28(30,31)32)34-29(22-8-4-2-5-9-22,23-10-6-3-7-11-23)36-26(24)33-27-15-19-12-20(16-27)14-21(13-19)17-27/h2-11,19-21,33-34H,12-17H2,1H3. The van der Waals surface area contributed by atoms with Crippen molar-refractivity contribution in [3.63, 3.8) is 0 Å². The average molecular weight is 544 g/mol. The van der Waals surface area contributed by atoms with Crippen molar-refractivity contribution in [3.8, 4) is 0 Å². The molecular weight excluding hydrogens is 513 g/mol. The summed E-state index contributed by atoms with van der Waals surface area (Å²) < 4.78 is 5.14. The summed E-state index contributed by atoms with van der Waals surface area (Å²) in [5, 5.41) is 3.81. The summed E-state index contributed by atoms with van der Waals surface area (Å²) in [6, 6.07) is 19.9. The second kappa shape index (κ2) is 8.82. The summed E-state index contributed by atoms with van der Waals surface area (Å²) in [6.07, 6.45) is 7.21. The van der Waals surface area contributed by atoms with E-state index in [0.717, 1.165) is 47.9 Å². The lowest BCUT2D eigenvalue weighted by atomic mass is 9.42. The van der Waals surface area contributed by atoms with E-state index in [-0.39, 0.29) is 22.6 Å². The van der Waals surface area contributed by atoms with Gasteiger partial charge in [0, 0.05) is 5.54 Å². The topological polar surface area (TPSA) is 52.3 Å². The van der Waals surface area contributed by atoms with Crippen LogP contribution in [0.15, 0.2) is 72.1 Å². The van der Waals surface area contributed by atoms with Crippen LogP contribution in [0.3, 0.4) is 0 Å². The monoisotopic (exact) mass is 542 g/mol. The van der Waals surface area contributed by atoms with E-state index < -0.39 is 10.3 Å². The smallest absolute Gasteiger partial charge is 0.507 e. The molecule has 4 aliphatic carbocycles.